The molecule has 0 unspecified atom stereocenters. The number of hydrogen-bond acceptors (Lipinski definition) is 6. The number of halogens is 1. The summed E-state index contributed by atoms with van der Waals surface area (Å²) in [7, 11) is -4.00. The molecule has 11 heteroatoms. The molecule has 3 aromatic rings. The number of sulfonamides is 1. The van der Waals surface area contributed by atoms with Gasteiger partial charge in [0.15, 0.2) is 0 Å². The van der Waals surface area contributed by atoms with Crippen LogP contribution in [0.1, 0.15) is 47.6 Å². The number of aromatic nitrogens is 1. The number of benzene rings is 2. The summed E-state index contributed by atoms with van der Waals surface area (Å²) in [5.41, 5.74) is -0.656. The Morgan fingerprint density at radius 1 is 1.17 bits per heavy atom. The van der Waals surface area contributed by atoms with Crippen molar-refractivity contribution in [1.82, 2.24) is 9.29 Å². The van der Waals surface area contributed by atoms with Crippen molar-refractivity contribution >= 4 is 26.9 Å². The van der Waals surface area contributed by atoms with Gasteiger partial charge in [0.05, 0.1) is 16.0 Å². The van der Waals surface area contributed by atoms with E-state index in [0.717, 1.165) is 18.9 Å². The van der Waals surface area contributed by atoms with Crippen LogP contribution >= 0.6 is 0 Å². The number of carboxylic acid groups (broad SMARTS) is 1. The second kappa shape index (κ2) is 9.13. The van der Waals surface area contributed by atoms with E-state index in [1.165, 1.54) is 30.5 Å². The van der Waals surface area contributed by atoms with E-state index in [0.29, 0.717) is 31.6 Å². The summed E-state index contributed by atoms with van der Waals surface area (Å²) < 4.78 is 50.7. The van der Waals surface area contributed by atoms with Gasteiger partial charge in [0, 0.05) is 42.4 Å². The van der Waals surface area contributed by atoms with E-state index in [9.17, 15) is 28.4 Å². The van der Waals surface area contributed by atoms with Gasteiger partial charge in [-0.25, -0.2) is 22.3 Å². The lowest BCUT2D eigenvalue weighted by molar-refractivity contribution is 0.0694. The zero-order chi connectivity index (χ0) is 25.6. The molecule has 1 aromatic heterocycles. The molecule has 2 aliphatic rings. The molecule has 1 saturated carbocycles. The molecule has 0 atom stereocenters. The van der Waals surface area contributed by atoms with Gasteiger partial charge >= 0.3 is 5.97 Å². The van der Waals surface area contributed by atoms with Gasteiger partial charge < -0.3 is 14.4 Å². The normalized spacial score (nSPS) is 16.7. The molecule has 0 bridgehead atoms. The van der Waals surface area contributed by atoms with Gasteiger partial charge in [-0.3, -0.25) is 4.79 Å². The number of rotatable bonds is 6. The minimum Gasteiger partial charge on any atom is -0.477 e. The molecule has 2 fully saturated rings. The molecule has 1 saturated heterocycles. The van der Waals surface area contributed by atoms with Crippen molar-refractivity contribution < 1.29 is 27.4 Å². The van der Waals surface area contributed by atoms with Gasteiger partial charge in [-0.15, -0.1) is 0 Å². The topological polar surface area (TPSA) is 138 Å². The third kappa shape index (κ3) is 4.39. The van der Waals surface area contributed by atoms with Crippen LogP contribution in [0.15, 0.2) is 46.2 Å². The number of ether oxygens (including phenoxy) is 1. The number of carbonyl (C=O) groups is 1. The van der Waals surface area contributed by atoms with Crippen LogP contribution in [0.3, 0.4) is 0 Å². The van der Waals surface area contributed by atoms with E-state index in [2.05, 4.69) is 4.72 Å². The number of pyridine rings is 1. The first-order valence-corrected chi connectivity index (χ1v) is 12.9. The predicted octanol–water partition coefficient (Wildman–Crippen LogP) is 3.17. The lowest BCUT2D eigenvalue weighted by Gasteiger charge is -2.23. The Bertz CT molecular complexity index is 1600. The predicted molar refractivity (Wildman–Crippen MR) is 128 cm³/mol. The maximum atomic E-state index is 15.2. The van der Waals surface area contributed by atoms with Gasteiger partial charge in [0.25, 0.3) is 0 Å². The van der Waals surface area contributed by atoms with E-state index in [-0.39, 0.29) is 39.1 Å². The van der Waals surface area contributed by atoms with E-state index in [1.54, 1.807) is 4.57 Å². The summed E-state index contributed by atoms with van der Waals surface area (Å²) >= 11 is 0. The number of hydrogen-bond donors (Lipinski definition) is 2. The molecule has 9 nitrogen and oxygen atoms in total. The van der Waals surface area contributed by atoms with Crippen molar-refractivity contribution in [2.24, 2.45) is 0 Å². The molecule has 0 spiro atoms. The first-order chi connectivity index (χ1) is 17.2. The fourth-order valence-electron chi connectivity index (χ4n) is 4.52. The SMILES string of the molecule is N#Cc1cc(-c2cc3c(cc2F)c(=O)c(C(=O)O)cn3C2CC2)ccc1S(=O)(=O)NC1CCOCC1. The van der Waals surface area contributed by atoms with Crippen LogP contribution < -0.4 is 10.2 Å². The number of nitrogens with one attached hydrogen (secondary N) is 1. The number of aromatic carboxylic acids is 1. The highest BCUT2D eigenvalue weighted by molar-refractivity contribution is 7.89. The second-order valence-corrected chi connectivity index (χ2v) is 10.7. The minimum atomic E-state index is -4.00. The summed E-state index contributed by atoms with van der Waals surface area (Å²) in [5.74, 6) is -2.17. The Hall–Kier alpha value is -3.59. The third-order valence-corrected chi connectivity index (χ3v) is 8.11. The quantitative estimate of drug-likeness (QED) is 0.518. The summed E-state index contributed by atoms with van der Waals surface area (Å²) in [4.78, 5) is 24.0. The van der Waals surface area contributed by atoms with Crippen LogP contribution in [0.2, 0.25) is 0 Å². The standard InChI is InChI=1S/C25H22FN3O6S/c26-21-10-19-22(29(17-2-3-17)13-20(24(19)30)25(31)32)11-18(21)14-1-4-23(15(9-14)12-27)36(33,34)28-16-5-7-35-8-6-16/h1,4,9-11,13,16-17,28H,2-3,5-8H2,(H,31,32). The first-order valence-electron chi connectivity index (χ1n) is 11.5. The van der Waals surface area contributed by atoms with E-state index < -0.39 is 32.8 Å². The van der Waals surface area contributed by atoms with Crippen molar-refractivity contribution in [3.8, 4) is 17.2 Å². The molecule has 2 aromatic carbocycles. The fraction of sp³-hybridized carbons (Fsp3) is 0.320. The molecular formula is C25H22FN3O6S. The number of fused-ring (bicyclic) bond motifs is 1. The second-order valence-electron chi connectivity index (χ2n) is 9.00. The average molecular weight is 512 g/mol. The van der Waals surface area contributed by atoms with Crippen LogP contribution in [-0.2, 0) is 14.8 Å². The molecule has 0 amide bonds. The summed E-state index contributed by atoms with van der Waals surface area (Å²) in [6, 6.07) is 8.01. The Labute approximate surface area is 205 Å². The zero-order valence-electron chi connectivity index (χ0n) is 19.0. The van der Waals surface area contributed by atoms with Gasteiger partial charge in [0.1, 0.15) is 17.4 Å². The fourth-order valence-corrected chi connectivity index (χ4v) is 5.96. The highest BCUT2D eigenvalue weighted by Crippen LogP contribution is 2.38. The summed E-state index contributed by atoms with van der Waals surface area (Å²) in [5, 5.41) is 19.0. The lowest BCUT2D eigenvalue weighted by Crippen LogP contribution is -2.39. The molecule has 0 radical (unpaired) electrons. The Morgan fingerprint density at radius 3 is 2.53 bits per heavy atom. The minimum absolute atomic E-state index is 0.00274. The van der Waals surface area contributed by atoms with Gasteiger partial charge in [-0.1, -0.05) is 6.07 Å². The average Bonchev–Trinajstić information content (AvgIpc) is 3.69. The first kappa shape index (κ1) is 24.1. The molecule has 186 valence electrons. The molecule has 2 N–H and O–H groups in total. The lowest BCUT2D eigenvalue weighted by atomic mass is 10.00. The Balaban J connectivity index is 1.60. The molecule has 36 heavy (non-hydrogen) atoms. The van der Waals surface area contributed by atoms with Crippen LogP contribution in [0.25, 0.3) is 22.0 Å². The number of carboxylic acids is 1. The van der Waals surface area contributed by atoms with Crippen molar-refractivity contribution in [2.75, 3.05) is 13.2 Å². The van der Waals surface area contributed by atoms with Crippen molar-refractivity contribution in [3.63, 3.8) is 0 Å². The van der Waals surface area contributed by atoms with E-state index in [4.69, 9.17) is 4.74 Å². The molecule has 5 rings (SSSR count). The largest absolute Gasteiger partial charge is 0.477 e. The maximum absolute atomic E-state index is 15.2. The number of nitrogens with zero attached hydrogens (tertiary/aromatic N) is 2. The van der Waals surface area contributed by atoms with Crippen LogP contribution in [0.5, 0.6) is 0 Å². The van der Waals surface area contributed by atoms with Gasteiger partial charge in [-0.2, -0.15) is 5.26 Å². The van der Waals surface area contributed by atoms with E-state index >= 15 is 4.39 Å². The molecule has 1 aliphatic heterocycles. The maximum Gasteiger partial charge on any atom is 0.341 e. The van der Waals surface area contributed by atoms with Crippen molar-refractivity contribution in [3.05, 3.63) is 63.7 Å². The third-order valence-electron chi connectivity index (χ3n) is 6.54. The van der Waals surface area contributed by atoms with E-state index in [1.807, 2.05) is 6.07 Å². The van der Waals surface area contributed by atoms with Crippen molar-refractivity contribution in [1.29, 1.82) is 5.26 Å². The highest BCUT2D eigenvalue weighted by Gasteiger charge is 2.28. The highest BCUT2D eigenvalue weighted by atomic mass is 32.2. The van der Waals surface area contributed by atoms with Crippen LogP contribution in [0, 0.1) is 17.1 Å². The molecule has 2 heterocycles. The zero-order valence-corrected chi connectivity index (χ0v) is 19.8. The summed E-state index contributed by atoms with van der Waals surface area (Å²) in [6.07, 6.45) is 3.93. The van der Waals surface area contributed by atoms with Gasteiger partial charge in [0.2, 0.25) is 15.5 Å². The van der Waals surface area contributed by atoms with Crippen LogP contribution in [0.4, 0.5) is 4.39 Å². The Morgan fingerprint density at radius 2 is 1.89 bits per heavy atom. The van der Waals surface area contributed by atoms with Gasteiger partial charge in [-0.05, 0) is 55.5 Å². The Kier molecular flexibility index (Phi) is 6.12. The monoisotopic (exact) mass is 511 g/mol. The molecular weight excluding hydrogens is 489 g/mol. The summed E-state index contributed by atoms with van der Waals surface area (Å²) in [6.45, 7) is 0.886. The molecule has 1 aliphatic carbocycles. The van der Waals surface area contributed by atoms with Crippen LogP contribution in [-0.4, -0.2) is 43.3 Å². The van der Waals surface area contributed by atoms with Crippen molar-refractivity contribution in [2.45, 2.75) is 42.7 Å². The smallest absolute Gasteiger partial charge is 0.341 e. The number of nitriles is 1.